The summed E-state index contributed by atoms with van der Waals surface area (Å²) in [6.45, 7) is 0. The minimum absolute atomic E-state index is 0.329. The molecule has 0 bridgehead atoms. The van der Waals surface area contributed by atoms with Crippen molar-refractivity contribution in [2.45, 2.75) is 0 Å². The fourth-order valence-corrected chi connectivity index (χ4v) is 2.26. The molecule has 0 unspecified atom stereocenters. The van der Waals surface area contributed by atoms with Gasteiger partial charge in [0, 0.05) is 17.3 Å². The van der Waals surface area contributed by atoms with Crippen LogP contribution in [0.3, 0.4) is 0 Å². The Balaban J connectivity index is 2.15. The molecule has 0 saturated heterocycles. The summed E-state index contributed by atoms with van der Waals surface area (Å²) in [7, 11) is 1.59. The minimum Gasteiger partial charge on any atom is -0.495 e. The Morgan fingerprint density at radius 1 is 1.14 bits per heavy atom. The van der Waals surface area contributed by atoms with Crippen molar-refractivity contribution in [3.63, 3.8) is 0 Å². The predicted molar refractivity (Wildman–Crippen MR) is 82.4 cm³/mol. The number of nitrogens with two attached hydrogens (primary N) is 1. The number of nitrogens with one attached hydrogen (secondary N) is 1. The van der Waals surface area contributed by atoms with Crippen molar-refractivity contribution >= 4 is 28.0 Å². The Kier molecular flexibility index (Phi) is 3.31. The smallest absolute Gasteiger partial charge is 0.142 e. The van der Waals surface area contributed by atoms with Crippen molar-refractivity contribution in [2.24, 2.45) is 0 Å². The highest BCUT2D eigenvalue weighted by Crippen LogP contribution is 2.33. The summed E-state index contributed by atoms with van der Waals surface area (Å²) in [5.41, 5.74) is 7.18. The van der Waals surface area contributed by atoms with E-state index in [0.717, 1.165) is 5.69 Å². The molecule has 0 fully saturated rings. The highest BCUT2D eigenvalue weighted by Gasteiger charge is 2.11. The van der Waals surface area contributed by atoms with E-state index in [2.05, 4.69) is 10.3 Å². The van der Waals surface area contributed by atoms with Crippen LogP contribution >= 0.6 is 0 Å². The van der Waals surface area contributed by atoms with Crippen molar-refractivity contribution in [2.75, 3.05) is 18.2 Å². The van der Waals surface area contributed by atoms with Gasteiger partial charge in [-0.15, -0.1) is 0 Å². The first kappa shape index (κ1) is 13.2. The summed E-state index contributed by atoms with van der Waals surface area (Å²) < 4.78 is 19.2. The lowest BCUT2D eigenvalue weighted by molar-refractivity contribution is 0.417. The second-order valence-corrected chi connectivity index (χ2v) is 4.54. The number of aromatic nitrogens is 1. The van der Waals surface area contributed by atoms with E-state index >= 15 is 0 Å². The molecule has 5 heteroatoms. The molecule has 106 valence electrons. The first-order chi connectivity index (χ1) is 10.2. The minimum atomic E-state index is -0.329. The van der Waals surface area contributed by atoms with Crippen molar-refractivity contribution in [1.82, 2.24) is 4.98 Å². The summed E-state index contributed by atoms with van der Waals surface area (Å²) >= 11 is 0. The van der Waals surface area contributed by atoms with Gasteiger partial charge >= 0.3 is 0 Å². The number of fused-ring (bicyclic) bond motifs is 1. The number of methoxy groups -OCH3 is 1. The lowest BCUT2D eigenvalue weighted by Gasteiger charge is -2.13. The van der Waals surface area contributed by atoms with Crippen LogP contribution in [0.4, 0.5) is 21.6 Å². The van der Waals surface area contributed by atoms with Crippen LogP contribution in [0, 0.1) is 5.82 Å². The van der Waals surface area contributed by atoms with Crippen LogP contribution in [0.1, 0.15) is 0 Å². The third kappa shape index (κ3) is 2.33. The van der Waals surface area contributed by atoms with Gasteiger partial charge in [0.15, 0.2) is 0 Å². The third-order valence-electron chi connectivity index (χ3n) is 3.27. The first-order valence-corrected chi connectivity index (χ1v) is 6.43. The molecule has 0 saturated carbocycles. The Labute approximate surface area is 121 Å². The van der Waals surface area contributed by atoms with Crippen molar-refractivity contribution in [3.8, 4) is 5.75 Å². The number of nitrogens with zero attached hydrogens (tertiary/aromatic N) is 1. The maximum Gasteiger partial charge on any atom is 0.142 e. The van der Waals surface area contributed by atoms with E-state index in [-0.39, 0.29) is 5.82 Å². The molecule has 0 amide bonds. The number of hydrogen-bond acceptors (Lipinski definition) is 4. The second kappa shape index (κ2) is 5.28. The SMILES string of the molecule is COc1ccccc1Nc1nccc2c(F)ccc(N)c12. The molecule has 1 heterocycles. The molecular weight excluding hydrogens is 269 g/mol. The molecule has 4 nitrogen and oxygen atoms in total. The molecule has 3 aromatic rings. The molecule has 0 spiro atoms. The summed E-state index contributed by atoms with van der Waals surface area (Å²) in [6.07, 6.45) is 1.54. The van der Waals surface area contributed by atoms with Gasteiger partial charge < -0.3 is 15.8 Å². The van der Waals surface area contributed by atoms with Crippen LogP contribution in [-0.2, 0) is 0 Å². The lowest BCUT2D eigenvalue weighted by atomic mass is 10.1. The Morgan fingerprint density at radius 3 is 2.76 bits per heavy atom. The van der Waals surface area contributed by atoms with E-state index in [1.165, 1.54) is 12.1 Å². The van der Waals surface area contributed by atoms with Gasteiger partial charge in [0.25, 0.3) is 0 Å². The Bertz CT molecular complexity index is 805. The highest BCUT2D eigenvalue weighted by molar-refractivity contribution is 6.02. The summed E-state index contributed by atoms with van der Waals surface area (Å²) in [4.78, 5) is 4.27. The van der Waals surface area contributed by atoms with E-state index in [1.807, 2.05) is 24.3 Å². The van der Waals surface area contributed by atoms with Crippen molar-refractivity contribution in [1.29, 1.82) is 0 Å². The summed E-state index contributed by atoms with van der Waals surface area (Å²) in [5.74, 6) is 0.838. The molecule has 0 radical (unpaired) electrons. The van der Waals surface area contributed by atoms with Gasteiger partial charge in [0.05, 0.1) is 18.2 Å². The first-order valence-electron chi connectivity index (χ1n) is 6.43. The average Bonchev–Trinajstić information content (AvgIpc) is 2.52. The zero-order valence-corrected chi connectivity index (χ0v) is 11.4. The standard InChI is InChI=1S/C16H14FN3O/c1-21-14-5-3-2-4-13(14)20-16-15-10(8-9-19-16)11(17)6-7-12(15)18/h2-9H,18H2,1H3,(H,19,20). The molecule has 3 N–H and O–H groups in total. The quantitative estimate of drug-likeness (QED) is 0.719. The molecule has 0 atom stereocenters. The fourth-order valence-electron chi connectivity index (χ4n) is 2.26. The van der Waals surface area contributed by atoms with Gasteiger partial charge in [-0.3, -0.25) is 0 Å². The van der Waals surface area contributed by atoms with E-state index < -0.39 is 0 Å². The number of para-hydroxylation sites is 2. The molecule has 21 heavy (non-hydrogen) atoms. The molecule has 0 aliphatic rings. The molecule has 0 aliphatic carbocycles. The second-order valence-electron chi connectivity index (χ2n) is 4.54. The number of nitrogen functional groups attached to an aromatic ring is 1. The van der Waals surface area contributed by atoms with Gasteiger partial charge in [-0.05, 0) is 30.3 Å². The van der Waals surface area contributed by atoms with Crippen LogP contribution in [0.25, 0.3) is 10.8 Å². The number of halogens is 1. The largest absolute Gasteiger partial charge is 0.495 e. The lowest BCUT2D eigenvalue weighted by Crippen LogP contribution is -2.00. The van der Waals surface area contributed by atoms with E-state index in [4.69, 9.17) is 10.5 Å². The number of anilines is 3. The number of ether oxygens (including phenoxy) is 1. The average molecular weight is 283 g/mol. The Hall–Kier alpha value is -2.82. The fraction of sp³-hybridized carbons (Fsp3) is 0.0625. The maximum atomic E-state index is 13.9. The molecule has 0 aliphatic heterocycles. The van der Waals surface area contributed by atoms with E-state index in [0.29, 0.717) is 28.0 Å². The summed E-state index contributed by atoms with van der Waals surface area (Å²) in [6, 6.07) is 11.9. The number of hydrogen-bond donors (Lipinski definition) is 2. The van der Waals surface area contributed by atoms with E-state index in [9.17, 15) is 4.39 Å². The number of pyridine rings is 1. The zero-order chi connectivity index (χ0) is 14.8. The summed E-state index contributed by atoms with van der Waals surface area (Å²) in [5, 5.41) is 4.14. The van der Waals surface area contributed by atoms with Crippen LogP contribution in [0.5, 0.6) is 5.75 Å². The number of benzene rings is 2. The van der Waals surface area contributed by atoms with Gasteiger partial charge in [-0.1, -0.05) is 12.1 Å². The van der Waals surface area contributed by atoms with Crippen molar-refractivity contribution < 1.29 is 9.13 Å². The van der Waals surface area contributed by atoms with Gasteiger partial charge in [-0.2, -0.15) is 0 Å². The van der Waals surface area contributed by atoms with Crippen molar-refractivity contribution in [3.05, 3.63) is 54.5 Å². The number of rotatable bonds is 3. The molecular formula is C16H14FN3O. The van der Waals surface area contributed by atoms with Crippen LogP contribution in [-0.4, -0.2) is 12.1 Å². The van der Waals surface area contributed by atoms with Crippen LogP contribution < -0.4 is 15.8 Å². The third-order valence-corrected chi connectivity index (χ3v) is 3.27. The predicted octanol–water partition coefficient (Wildman–Crippen LogP) is 3.71. The topological polar surface area (TPSA) is 60.2 Å². The molecule has 1 aromatic heterocycles. The normalized spacial score (nSPS) is 10.6. The maximum absolute atomic E-state index is 13.9. The van der Waals surface area contributed by atoms with Crippen LogP contribution in [0.2, 0.25) is 0 Å². The molecule has 2 aromatic carbocycles. The van der Waals surface area contributed by atoms with Gasteiger partial charge in [0.2, 0.25) is 0 Å². The van der Waals surface area contributed by atoms with Gasteiger partial charge in [-0.25, -0.2) is 9.37 Å². The van der Waals surface area contributed by atoms with Gasteiger partial charge in [0.1, 0.15) is 17.4 Å². The zero-order valence-electron chi connectivity index (χ0n) is 11.4. The monoisotopic (exact) mass is 283 g/mol. The van der Waals surface area contributed by atoms with E-state index in [1.54, 1.807) is 19.4 Å². The highest BCUT2D eigenvalue weighted by atomic mass is 19.1. The molecule has 3 rings (SSSR count). The Morgan fingerprint density at radius 2 is 1.95 bits per heavy atom. The van der Waals surface area contributed by atoms with Crippen LogP contribution in [0.15, 0.2) is 48.7 Å².